The smallest absolute Gasteiger partial charge is 0.0213 e. The molecule has 0 saturated carbocycles. The molecule has 1 nitrogen and oxygen atoms in total. The van der Waals surface area contributed by atoms with Crippen molar-refractivity contribution in [2.45, 2.75) is 66.0 Å². The molecule has 0 spiro atoms. The Hall–Kier alpha value is -0.820. The van der Waals surface area contributed by atoms with Crippen LogP contribution < -0.4 is 5.32 Å². The summed E-state index contributed by atoms with van der Waals surface area (Å²) in [5.41, 5.74) is 4.49. The highest BCUT2D eigenvalue weighted by molar-refractivity contribution is 5.30. The topological polar surface area (TPSA) is 12.0 Å². The van der Waals surface area contributed by atoms with E-state index >= 15 is 0 Å². The molecule has 0 aromatic heterocycles. The number of rotatable bonds is 6. The van der Waals surface area contributed by atoms with Crippen LogP contribution in [-0.2, 0) is 6.54 Å². The van der Waals surface area contributed by atoms with Gasteiger partial charge in [-0.3, -0.25) is 0 Å². The predicted octanol–water partition coefficient (Wildman–Crippen LogP) is 4.36. The average molecular weight is 233 g/mol. The van der Waals surface area contributed by atoms with Crippen LogP contribution in [0.2, 0.25) is 0 Å². The second-order valence-electron chi connectivity index (χ2n) is 5.12. The molecule has 1 aromatic rings. The maximum absolute atomic E-state index is 3.76. The van der Waals surface area contributed by atoms with Crippen molar-refractivity contribution in [2.24, 2.45) is 0 Å². The first-order valence-corrected chi connectivity index (χ1v) is 6.88. The Labute approximate surface area is 107 Å². The zero-order chi connectivity index (χ0) is 12.9. The molecular weight excluding hydrogens is 206 g/mol. The van der Waals surface area contributed by atoms with Gasteiger partial charge >= 0.3 is 0 Å². The number of hydrogen-bond donors (Lipinski definition) is 1. The molecule has 0 atom stereocenters. The Morgan fingerprint density at radius 3 is 2.06 bits per heavy atom. The number of aryl methyl sites for hydroxylation is 2. The summed E-state index contributed by atoms with van der Waals surface area (Å²) in [5.74, 6) is 0. The van der Waals surface area contributed by atoms with Gasteiger partial charge in [0.1, 0.15) is 0 Å². The van der Waals surface area contributed by atoms with Crippen LogP contribution in [0.5, 0.6) is 0 Å². The van der Waals surface area contributed by atoms with Crippen molar-refractivity contribution in [3.63, 3.8) is 0 Å². The van der Waals surface area contributed by atoms with Gasteiger partial charge in [0.05, 0.1) is 0 Å². The Morgan fingerprint density at radius 1 is 1.00 bits per heavy atom. The second kappa shape index (κ2) is 6.20. The van der Waals surface area contributed by atoms with Gasteiger partial charge in [-0.1, -0.05) is 44.5 Å². The maximum atomic E-state index is 3.76. The van der Waals surface area contributed by atoms with Crippen molar-refractivity contribution in [1.29, 1.82) is 0 Å². The van der Waals surface area contributed by atoms with Gasteiger partial charge in [0.15, 0.2) is 0 Å². The molecule has 0 unspecified atom stereocenters. The highest BCUT2D eigenvalue weighted by Gasteiger charge is 2.22. The van der Waals surface area contributed by atoms with E-state index in [9.17, 15) is 0 Å². The molecule has 0 fully saturated rings. The van der Waals surface area contributed by atoms with Crippen molar-refractivity contribution in [3.05, 3.63) is 34.9 Å². The van der Waals surface area contributed by atoms with E-state index in [1.54, 1.807) is 0 Å². The fourth-order valence-electron chi connectivity index (χ4n) is 2.45. The summed E-state index contributed by atoms with van der Waals surface area (Å²) in [5, 5.41) is 3.76. The van der Waals surface area contributed by atoms with Crippen LogP contribution in [0.15, 0.2) is 18.2 Å². The van der Waals surface area contributed by atoms with Gasteiger partial charge in [-0.25, -0.2) is 0 Å². The molecule has 17 heavy (non-hydrogen) atoms. The van der Waals surface area contributed by atoms with Crippen LogP contribution in [0.3, 0.4) is 0 Å². The van der Waals surface area contributed by atoms with Crippen molar-refractivity contribution >= 4 is 0 Å². The minimum absolute atomic E-state index is 0.317. The quantitative estimate of drug-likeness (QED) is 0.769. The van der Waals surface area contributed by atoms with E-state index in [0.717, 1.165) is 6.54 Å². The summed E-state index contributed by atoms with van der Waals surface area (Å²) in [6.07, 6.45) is 3.60. The largest absolute Gasteiger partial charge is 0.307 e. The van der Waals surface area contributed by atoms with E-state index < -0.39 is 0 Å². The number of nitrogens with one attached hydrogen (secondary N) is 1. The average Bonchev–Trinajstić information content (AvgIpc) is 2.33. The Kier molecular flexibility index (Phi) is 5.20. The summed E-state index contributed by atoms with van der Waals surface area (Å²) >= 11 is 0. The van der Waals surface area contributed by atoms with Crippen LogP contribution in [0.1, 0.15) is 56.7 Å². The SMILES string of the molecule is CCC(CC)(CC)NCc1ccc(C)cc1C. The fourth-order valence-corrected chi connectivity index (χ4v) is 2.45. The third-order valence-electron chi connectivity index (χ3n) is 4.18. The van der Waals surface area contributed by atoms with E-state index in [-0.39, 0.29) is 0 Å². The van der Waals surface area contributed by atoms with Gasteiger partial charge < -0.3 is 5.32 Å². The lowest BCUT2D eigenvalue weighted by atomic mass is 9.89. The van der Waals surface area contributed by atoms with Crippen molar-refractivity contribution < 1.29 is 0 Å². The van der Waals surface area contributed by atoms with Crippen LogP contribution in [-0.4, -0.2) is 5.54 Å². The summed E-state index contributed by atoms with van der Waals surface area (Å²) in [6, 6.07) is 6.72. The molecule has 0 aliphatic heterocycles. The molecular formula is C16H27N. The highest BCUT2D eigenvalue weighted by Crippen LogP contribution is 2.20. The van der Waals surface area contributed by atoms with Crippen molar-refractivity contribution in [3.8, 4) is 0 Å². The van der Waals surface area contributed by atoms with Gasteiger partial charge in [0.25, 0.3) is 0 Å². The minimum Gasteiger partial charge on any atom is -0.307 e. The molecule has 1 rings (SSSR count). The lowest BCUT2D eigenvalue weighted by molar-refractivity contribution is 0.288. The first-order chi connectivity index (χ1) is 8.06. The van der Waals surface area contributed by atoms with Crippen molar-refractivity contribution in [2.75, 3.05) is 0 Å². The molecule has 0 aliphatic carbocycles. The fraction of sp³-hybridized carbons (Fsp3) is 0.625. The molecule has 1 heteroatoms. The van der Waals surface area contributed by atoms with Crippen LogP contribution >= 0.6 is 0 Å². The summed E-state index contributed by atoms with van der Waals surface area (Å²) in [7, 11) is 0. The standard InChI is InChI=1S/C16H27N/c1-6-16(7-2,8-3)17-12-15-10-9-13(4)11-14(15)5/h9-11,17H,6-8,12H2,1-5H3. The van der Waals surface area contributed by atoms with Gasteiger partial charge in [0.2, 0.25) is 0 Å². The predicted molar refractivity (Wildman–Crippen MR) is 76.4 cm³/mol. The molecule has 0 radical (unpaired) electrons. The lowest BCUT2D eigenvalue weighted by Crippen LogP contribution is -2.43. The zero-order valence-electron chi connectivity index (χ0n) is 12.1. The summed E-state index contributed by atoms with van der Waals surface area (Å²) in [6.45, 7) is 12.2. The van der Waals surface area contributed by atoms with Crippen molar-refractivity contribution in [1.82, 2.24) is 5.32 Å². The Morgan fingerprint density at radius 2 is 1.59 bits per heavy atom. The van der Waals surface area contributed by atoms with E-state index in [0.29, 0.717) is 5.54 Å². The van der Waals surface area contributed by atoms with E-state index in [2.05, 4.69) is 58.1 Å². The minimum atomic E-state index is 0.317. The molecule has 0 bridgehead atoms. The normalized spacial score (nSPS) is 11.8. The highest BCUT2D eigenvalue weighted by atomic mass is 15.0. The Balaban J connectivity index is 2.72. The van der Waals surface area contributed by atoms with E-state index in [1.165, 1.54) is 36.0 Å². The molecule has 0 aliphatic rings. The summed E-state index contributed by atoms with van der Waals surface area (Å²) < 4.78 is 0. The molecule has 1 N–H and O–H groups in total. The molecule has 0 amide bonds. The first-order valence-electron chi connectivity index (χ1n) is 6.88. The van der Waals surface area contributed by atoms with Crippen LogP contribution in [0.4, 0.5) is 0 Å². The molecule has 0 saturated heterocycles. The maximum Gasteiger partial charge on any atom is 0.0213 e. The van der Waals surface area contributed by atoms with Gasteiger partial charge in [-0.05, 0) is 44.2 Å². The third kappa shape index (κ3) is 3.57. The third-order valence-corrected chi connectivity index (χ3v) is 4.18. The lowest BCUT2D eigenvalue weighted by Gasteiger charge is -2.32. The van der Waals surface area contributed by atoms with Gasteiger partial charge in [0, 0.05) is 12.1 Å². The molecule has 96 valence electrons. The van der Waals surface area contributed by atoms with E-state index in [4.69, 9.17) is 0 Å². The number of hydrogen-bond acceptors (Lipinski definition) is 1. The zero-order valence-corrected chi connectivity index (χ0v) is 12.1. The van der Waals surface area contributed by atoms with E-state index in [1.807, 2.05) is 0 Å². The molecule has 0 heterocycles. The van der Waals surface area contributed by atoms with Crippen LogP contribution in [0, 0.1) is 13.8 Å². The second-order valence-corrected chi connectivity index (χ2v) is 5.12. The first kappa shape index (κ1) is 14.2. The summed E-state index contributed by atoms with van der Waals surface area (Å²) in [4.78, 5) is 0. The number of benzene rings is 1. The van der Waals surface area contributed by atoms with Gasteiger partial charge in [-0.2, -0.15) is 0 Å². The monoisotopic (exact) mass is 233 g/mol. The van der Waals surface area contributed by atoms with Gasteiger partial charge in [-0.15, -0.1) is 0 Å². The molecule has 1 aromatic carbocycles. The Bertz CT molecular complexity index is 342. The van der Waals surface area contributed by atoms with Crippen LogP contribution in [0.25, 0.3) is 0 Å².